The molecule has 74 heavy (non-hydrogen) atoms. The van der Waals surface area contributed by atoms with Crippen molar-refractivity contribution in [1.29, 1.82) is 0 Å². The van der Waals surface area contributed by atoms with Crippen molar-refractivity contribution in [3.8, 4) is 11.4 Å². The summed E-state index contributed by atoms with van der Waals surface area (Å²) in [7, 11) is 0. The summed E-state index contributed by atoms with van der Waals surface area (Å²) < 4.78 is 97.7. The molecule has 4 nitrogen and oxygen atoms in total. The van der Waals surface area contributed by atoms with Gasteiger partial charge in [-0.05, 0) is 166 Å². The van der Waals surface area contributed by atoms with Gasteiger partial charge in [-0.25, -0.2) is 0 Å². The van der Waals surface area contributed by atoms with E-state index < -0.39 is 18.5 Å². The largest absolute Gasteiger partial charge is 0.311 e. The Morgan fingerprint density at radius 1 is 0.392 bits per heavy atom. The van der Waals surface area contributed by atoms with E-state index in [9.17, 15) is 8.22 Å². The number of para-hydroxylation sites is 4. The fourth-order valence-corrected chi connectivity index (χ4v) is 12.0. The second kappa shape index (κ2) is 16.9. The summed E-state index contributed by atoms with van der Waals surface area (Å²) in [6.45, 7) is 18.4. The zero-order chi connectivity index (χ0) is 59.6. The number of benzene rings is 9. The first-order chi connectivity index (χ1) is 39.6. The second-order valence-corrected chi connectivity index (χ2v) is 23.9. The zero-order valence-corrected chi connectivity index (χ0v) is 43.6. The minimum absolute atomic E-state index is 0.0387. The van der Waals surface area contributed by atoms with Crippen molar-refractivity contribution in [1.82, 2.24) is 9.13 Å². The summed E-state index contributed by atoms with van der Waals surface area (Å²) in [6.07, 6.45) is -0.331. The topological polar surface area (TPSA) is 16.3 Å². The predicted molar refractivity (Wildman–Crippen MR) is 319 cm³/mol. The zero-order valence-electron chi connectivity index (χ0n) is 53.6. The van der Waals surface area contributed by atoms with E-state index in [-0.39, 0.29) is 59.2 Å². The van der Waals surface area contributed by atoms with Crippen molar-refractivity contribution < 1.29 is 13.7 Å². The van der Waals surface area contributed by atoms with Gasteiger partial charge in [-0.15, -0.1) is 0 Å². The van der Waals surface area contributed by atoms with Gasteiger partial charge in [0.05, 0.1) is 33.0 Å². The molecule has 0 N–H and O–H groups in total. The Labute approximate surface area is 451 Å². The van der Waals surface area contributed by atoms with Gasteiger partial charge in [-0.1, -0.05) is 159 Å². The molecule has 0 unspecified atom stereocenters. The molecule has 5 heteroatoms. The molecule has 0 atom stereocenters. The van der Waals surface area contributed by atoms with Crippen LogP contribution in [-0.2, 0) is 19.2 Å². The molecular weight excluding hydrogens is 896 g/mol. The van der Waals surface area contributed by atoms with Crippen molar-refractivity contribution in [2.45, 2.75) is 81.5 Å². The number of anilines is 6. The van der Waals surface area contributed by atoms with Gasteiger partial charge < -0.3 is 18.9 Å². The number of aromatic nitrogens is 2. The van der Waals surface area contributed by atoms with E-state index in [4.69, 9.17) is 5.48 Å². The van der Waals surface area contributed by atoms with Crippen molar-refractivity contribution in [3.05, 3.63) is 211 Å². The van der Waals surface area contributed by atoms with E-state index in [1.165, 1.54) is 0 Å². The molecule has 2 aliphatic rings. The standard InChI is InChI=1S/C69H65BN4/c1-67(2,3)42-45-28-34-60-54(36-45)52-24-16-18-26-58(52)73(60)50-30-32-56-62(40-50)71(48-20-12-10-13-21-48)64-38-47(44-69(7,8)9)39-65-66(64)70(56)57-33-31-51(41-63(57)72(65)49-22-14-11-15-23-49)74-59-27-19-17-25-53(59)55-37-46(29-35-61(55)74)43-68(4,5)6/h10-41H,42-44H2,1-9H3/i16D,17D,18D,19D,24D,25D,26D,27D,44D2. The fraction of sp³-hybridized carbons (Fsp3) is 0.217. The van der Waals surface area contributed by atoms with E-state index in [0.717, 1.165) is 96.3 Å². The van der Waals surface area contributed by atoms with E-state index in [1.54, 1.807) is 0 Å². The first-order valence-corrected chi connectivity index (χ1v) is 25.9. The van der Waals surface area contributed by atoms with Crippen molar-refractivity contribution in [2.24, 2.45) is 16.2 Å². The lowest BCUT2D eigenvalue weighted by atomic mass is 9.33. The molecule has 0 saturated carbocycles. The van der Waals surface area contributed by atoms with Crippen LogP contribution >= 0.6 is 0 Å². The summed E-state index contributed by atoms with van der Waals surface area (Å²) in [5, 5.41) is 2.39. The molecule has 0 saturated heterocycles. The van der Waals surface area contributed by atoms with Crippen molar-refractivity contribution in [3.63, 3.8) is 0 Å². The van der Waals surface area contributed by atoms with Crippen LogP contribution in [0.3, 0.4) is 0 Å². The Bertz CT molecular complexity index is 4310. The van der Waals surface area contributed by atoms with Crippen LogP contribution in [0, 0.1) is 16.2 Å². The number of hydrogen-bond donors (Lipinski definition) is 0. The molecule has 0 spiro atoms. The van der Waals surface area contributed by atoms with Crippen molar-refractivity contribution in [2.75, 3.05) is 9.80 Å². The maximum atomic E-state index is 10.0. The molecule has 0 fully saturated rings. The van der Waals surface area contributed by atoms with Crippen LogP contribution in [0.5, 0.6) is 0 Å². The van der Waals surface area contributed by atoms with Gasteiger partial charge in [-0.2, -0.15) is 0 Å². The summed E-state index contributed by atoms with van der Waals surface area (Å²) in [6, 6.07) is 47.7. The quantitative estimate of drug-likeness (QED) is 0.148. The lowest BCUT2D eigenvalue weighted by Crippen LogP contribution is -2.61. The molecule has 9 aromatic carbocycles. The molecule has 0 aliphatic carbocycles. The van der Waals surface area contributed by atoms with E-state index in [2.05, 4.69) is 136 Å². The first-order valence-electron chi connectivity index (χ1n) is 30.9. The normalized spacial score (nSPS) is 15.7. The highest BCUT2D eigenvalue weighted by molar-refractivity contribution is 7.00. The van der Waals surface area contributed by atoms with Crippen LogP contribution in [0.15, 0.2) is 194 Å². The summed E-state index contributed by atoms with van der Waals surface area (Å²) in [5.74, 6) is 0. The lowest BCUT2D eigenvalue weighted by molar-refractivity contribution is 0.411. The van der Waals surface area contributed by atoms with Gasteiger partial charge in [0.2, 0.25) is 0 Å². The molecule has 4 heterocycles. The Kier molecular flexibility index (Phi) is 8.27. The first kappa shape index (κ1) is 36.2. The highest BCUT2D eigenvalue weighted by Gasteiger charge is 2.44. The average Bonchev–Trinajstić information content (AvgIpc) is 3.12. The monoisotopic (exact) mass is 971 g/mol. The Morgan fingerprint density at radius 3 is 1.24 bits per heavy atom. The smallest absolute Gasteiger partial charge is 0.252 e. The molecule has 2 aromatic heterocycles. The Morgan fingerprint density at radius 2 is 0.824 bits per heavy atom. The molecule has 0 radical (unpaired) electrons. The number of nitrogens with zero attached hydrogens (tertiary/aromatic N) is 4. The summed E-state index contributed by atoms with van der Waals surface area (Å²) in [5.41, 5.74) is 13.1. The lowest BCUT2D eigenvalue weighted by Gasteiger charge is -2.45. The SMILES string of the molecule is [2H]c1c([2H])c([2H])c2c(c1[2H])c1cc(CC(C)(C)C)ccc1n2-c1ccc2c(c1)N(c1ccccc1)c1cc(C([2H])([2H])C(C)(C)C)cc3c1B2c1ccc(-n2c4ccc(CC(C)(C)C)cc4c4c([2H])c([2H])c([2H])c([2H])c42)cc1N3c1ccccc1. The Balaban J connectivity index is 1.14. The van der Waals surface area contributed by atoms with Gasteiger partial charge in [0.1, 0.15) is 0 Å². The van der Waals surface area contributed by atoms with Gasteiger partial charge in [0, 0.05) is 69.8 Å². The summed E-state index contributed by atoms with van der Waals surface area (Å²) >= 11 is 0. The third-order valence-corrected chi connectivity index (χ3v) is 14.5. The second-order valence-electron chi connectivity index (χ2n) is 23.9. The third-order valence-electron chi connectivity index (χ3n) is 14.5. The van der Waals surface area contributed by atoms with Crippen LogP contribution < -0.4 is 26.2 Å². The van der Waals surface area contributed by atoms with Crippen molar-refractivity contribution >= 4 is 101 Å². The molecule has 0 amide bonds. The molecule has 13 rings (SSSR count). The van der Waals surface area contributed by atoms with Gasteiger partial charge in [0.25, 0.3) is 6.71 Å². The maximum Gasteiger partial charge on any atom is 0.252 e. The molecule has 364 valence electrons. The third kappa shape index (κ3) is 7.82. The van der Waals surface area contributed by atoms with E-state index in [0.29, 0.717) is 38.7 Å². The minimum Gasteiger partial charge on any atom is -0.311 e. The van der Waals surface area contributed by atoms with E-state index >= 15 is 0 Å². The molecular formula is C69H65BN4. The van der Waals surface area contributed by atoms with Crippen LogP contribution in [-0.4, -0.2) is 15.8 Å². The molecule has 11 aromatic rings. The summed E-state index contributed by atoms with van der Waals surface area (Å²) in [4.78, 5) is 4.45. The number of hydrogen-bond acceptors (Lipinski definition) is 2. The maximum absolute atomic E-state index is 10.0. The van der Waals surface area contributed by atoms with Gasteiger partial charge in [0.15, 0.2) is 0 Å². The minimum atomic E-state index is -1.86. The van der Waals surface area contributed by atoms with Crippen LogP contribution in [0.1, 0.15) is 92.7 Å². The van der Waals surface area contributed by atoms with Crippen LogP contribution in [0.2, 0.25) is 0 Å². The fourth-order valence-electron chi connectivity index (χ4n) is 12.0. The predicted octanol–water partition coefficient (Wildman–Crippen LogP) is 16.7. The Hall–Kier alpha value is -7.76. The van der Waals surface area contributed by atoms with E-state index in [1.807, 2.05) is 90.6 Å². The number of rotatable bonds is 7. The van der Waals surface area contributed by atoms with Gasteiger partial charge >= 0.3 is 0 Å². The average molecular weight is 971 g/mol. The molecule has 0 bridgehead atoms. The van der Waals surface area contributed by atoms with Gasteiger partial charge in [-0.3, -0.25) is 0 Å². The van der Waals surface area contributed by atoms with Crippen LogP contribution in [0.4, 0.5) is 34.1 Å². The highest BCUT2D eigenvalue weighted by atomic mass is 15.2. The highest BCUT2D eigenvalue weighted by Crippen LogP contribution is 2.47. The van der Waals surface area contributed by atoms with Crippen LogP contribution in [0.25, 0.3) is 55.0 Å². The number of fused-ring (bicyclic) bond motifs is 10. The molecule has 2 aliphatic heterocycles.